The van der Waals surface area contributed by atoms with Crippen LogP contribution in [0.5, 0.6) is 0 Å². The molecule has 8 heteroatoms. The number of rotatable bonds is 6. The maximum atomic E-state index is 12.2. The van der Waals surface area contributed by atoms with Crippen LogP contribution in [0.3, 0.4) is 0 Å². The van der Waals surface area contributed by atoms with Gasteiger partial charge in [0.15, 0.2) is 0 Å². The van der Waals surface area contributed by atoms with Crippen LogP contribution >= 0.6 is 0 Å². The molecule has 1 aromatic rings. The maximum Gasteiger partial charge on any atom is 0.264 e. The molecule has 124 valence electrons. The van der Waals surface area contributed by atoms with E-state index >= 15 is 0 Å². The van der Waals surface area contributed by atoms with Gasteiger partial charge in [0.1, 0.15) is 0 Å². The van der Waals surface area contributed by atoms with Gasteiger partial charge in [0, 0.05) is 6.54 Å². The molecular weight excluding hydrogens is 326 g/mol. The highest BCUT2D eigenvalue weighted by Crippen LogP contribution is 2.42. The predicted molar refractivity (Wildman–Crippen MR) is 83.4 cm³/mol. The SMILES string of the molecule is Cc1ccc(S(=O)(=O)NCC2(C)CC(OS(C)(=O)=O)C2)cc1. The van der Waals surface area contributed by atoms with E-state index in [0.29, 0.717) is 12.8 Å². The average Bonchev–Trinajstić information content (AvgIpc) is 2.33. The van der Waals surface area contributed by atoms with E-state index in [1.807, 2.05) is 13.8 Å². The first-order chi connectivity index (χ1) is 9.99. The summed E-state index contributed by atoms with van der Waals surface area (Å²) in [6.45, 7) is 4.06. The van der Waals surface area contributed by atoms with Crippen LogP contribution in [0, 0.1) is 12.3 Å². The van der Waals surface area contributed by atoms with Gasteiger partial charge in [-0.05, 0) is 37.3 Å². The Kier molecular flexibility index (Phi) is 4.68. The molecule has 0 bridgehead atoms. The Balaban J connectivity index is 1.92. The minimum Gasteiger partial charge on any atom is -0.267 e. The molecule has 0 atom stereocenters. The molecule has 2 rings (SSSR count). The molecule has 1 aliphatic carbocycles. The van der Waals surface area contributed by atoms with Gasteiger partial charge in [-0.15, -0.1) is 0 Å². The first-order valence-electron chi connectivity index (χ1n) is 6.94. The molecule has 1 N–H and O–H groups in total. The van der Waals surface area contributed by atoms with Gasteiger partial charge in [0.2, 0.25) is 10.0 Å². The van der Waals surface area contributed by atoms with E-state index < -0.39 is 20.1 Å². The minimum atomic E-state index is -3.55. The lowest BCUT2D eigenvalue weighted by atomic mass is 9.68. The highest BCUT2D eigenvalue weighted by molar-refractivity contribution is 7.89. The summed E-state index contributed by atoms with van der Waals surface area (Å²) in [6.07, 6.45) is 1.68. The van der Waals surface area contributed by atoms with Crippen molar-refractivity contribution in [1.82, 2.24) is 4.72 Å². The monoisotopic (exact) mass is 347 g/mol. The van der Waals surface area contributed by atoms with E-state index in [4.69, 9.17) is 4.18 Å². The molecule has 1 aliphatic rings. The second-order valence-corrected chi connectivity index (χ2v) is 9.65. The van der Waals surface area contributed by atoms with Crippen molar-refractivity contribution in [3.63, 3.8) is 0 Å². The fourth-order valence-corrected chi connectivity index (χ4v) is 4.40. The third-order valence-electron chi connectivity index (χ3n) is 3.77. The first kappa shape index (κ1) is 17.4. The minimum absolute atomic E-state index is 0.227. The lowest BCUT2D eigenvalue weighted by molar-refractivity contribution is 0.00664. The van der Waals surface area contributed by atoms with Crippen molar-refractivity contribution in [2.45, 2.75) is 37.7 Å². The van der Waals surface area contributed by atoms with Gasteiger partial charge in [0.25, 0.3) is 10.1 Å². The molecule has 6 nitrogen and oxygen atoms in total. The maximum absolute atomic E-state index is 12.2. The number of aryl methyl sites for hydroxylation is 1. The van der Waals surface area contributed by atoms with Crippen LogP contribution in [0.25, 0.3) is 0 Å². The normalized spacial score (nSPS) is 25.7. The Morgan fingerprint density at radius 3 is 2.23 bits per heavy atom. The largest absolute Gasteiger partial charge is 0.267 e. The summed E-state index contributed by atoms with van der Waals surface area (Å²) in [6, 6.07) is 6.62. The van der Waals surface area contributed by atoms with Crippen molar-refractivity contribution >= 4 is 20.1 Å². The van der Waals surface area contributed by atoms with Crippen LogP contribution in [0.2, 0.25) is 0 Å². The van der Waals surface area contributed by atoms with E-state index in [0.717, 1.165) is 11.8 Å². The van der Waals surface area contributed by atoms with Gasteiger partial charge in [-0.1, -0.05) is 24.6 Å². The summed E-state index contributed by atoms with van der Waals surface area (Å²) in [7, 11) is -7.01. The molecule has 0 saturated heterocycles. The quantitative estimate of drug-likeness (QED) is 0.786. The Morgan fingerprint density at radius 2 is 1.73 bits per heavy atom. The Morgan fingerprint density at radius 1 is 1.18 bits per heavy atom. The van der Waals surface area contributed by atoms with Gasteiger partial charge in [-0.25, -0.2) is 13.1 Å². The van der Waals surface area contributed by atoms with Crippen LogP contribution in [0.4, 0.5) is 0 Å². The van der Waals surface area contributed by atoms with Crippen LogP contribution in [-0.4, -0.2) is 35.7 Å². The van der Waals surface area contributed by atoms with Gasteiger partial charge in [0.05, 0.1) is 17.3 Å². The summed E-state index contributed by atoms with van der Waals surface area (Å²) in [4.78, 5) is 0.227. The molecule has 0 radical (unpaired) electrons. The molecule has 1 aromatic carbocycles. The summed E-state index contributed by atoms with van der Waals surface area (Å²) >= 11 is 0. The van der Waals surface area contributed by atoms with Crippen LogP contribution in [0.1, 0.15) is 25.3 Å². The van der Waals surface area contributed by atoms with E-state index in [2.05, 4.69) is 4.72 Å². The Bertz CT molecular complexity index is 732. The molecule has 0 spiro atoms. The molecule has 1 fully saturated rings. The lowest BCUT2D eigenvalue weighted by Crippen LogP contribution is -2.48. The van der Waals surface area contributed by atoms with Crippen molar-refractivity contribution in [3.8, 4) is 0 Å². The summed E-state index contributed by atoms with van der Waals surface area (Å²) in [5.41, 5.74) is 0.707. The zero-order valence-electron chi connectivity index (χ0n) is 12.9. The summed E-state index contributed by atoms with van der Waals surface area (Å²) in [5.74, 6) is 0. The second kappa shape index (κ2) is 5.92. The standard InChI is InChI=1S/C14H21NO5S2/c1-11-4-6-13(7-5-11)22(18,19)15-10-14(2)8-12(9-14)20-21(3,16)17/h4-7,12,15H,8-10H2,1-3H3. The fourth-order valence-electron chi connectivity index (χ4n) is 2.57. The number of hydrogen-bond donors (Lipinski definition) is 1. The van der Waals surface area contributed by atoms with Crippen LogP contribution < -0.4 is 4.72 Å². The number of nitrogens with one attached hydrogen (secondary N) is 1. The van der Waals surface area contributed by atoms with Crippen molar-refractivity contribution in [1.29, 1.82) is 0 Å². The van der Waals surface area contributed by atoms with Crippen LogP contribution in [0.15, 0.2) is 29.2 Å². The van der Waals surface area contributed by atoms with Crippen LogP contribution in [-0.2, 0) is 24.3 Å². The zero-order chi connectivity index (χ0) is 16.6. The van der Waals surface area contributed by atoms with E-state index in [1.165, 1.54) is 0 Å². The molecule has 0 amide bonds. The van der Waals surface area contributed by atoms with Gasteiger partial charge in [-0.2, -0.15) is 8.42 Å². The van der Waals surface area contributed by atoms with E-state index in [1.54, 1.807) is 24.3 Å². The fraction of sp³-hybridized carbons (Fsp3) is 0.571. The molecule has 0 aliphatic heterocycles. The van der Waals surface area contributed by atoms with Crippen molar-refractivity contribution in [2.75, 3.05) is 12.8 Å². The number of hydrogen-bond acceptors (Lipinski definition) is 5. The van der Waals surface area contributed by atoms with Gasteiger partial charge in [-0.3, -0.25) is 4.18 Å². The third kappa shape index (κ3) is 4.52. The number of benzene rings is 1. The van der Waals surface area contributed by atoms with Gasteiger partial charge < -0.3 is 0 Å². The van der Waals surface area contributed by atoms with Crippen molar-refractivity contribution in [3.05, 3.63) is 29.8 Å². The topological polar surface area (TPSA) is 89.5 Å². The third-order valence-corrected chi connectivity index (χ3v) is 5.81. The lowest BCUT2D eigenvalue weighted by Gasteiger charge is -2.44. The predicted octanol–water partition coefficient (Wildman–Crippen LogP) is 1.42. The molecule has 0 heterocycles. The van der Waals surface area contributed by atoms with E-state index in [9.17, 15) is 16.8 Å². The van der Waals surface area contributed by atoms with Crippen molar-refractivity contribution in [2.24, 2.45) is 5.41 Å². The zero-order valence-corrected chi connectivity index (χ0v) is 14.5. The number of sulfonamides is 1. The molecule has 22 heavy (non-hydrogen) atoms. The molecule has 0 unspecified atom stereocenters. The first-order valence-corrected chi connectivity index (χ1v) is 10.2. The highest BCUT2D eigenvalue weighted by atomic mass is 32.2. The molecule has 0 aromatic heterocycles. The Hall–Kier alpha value is -0.960. The smallest absolute Gasteiger partial charge is 0.264 e. The van der Waals surface area contributed by atoms with E-state index in [-0.39, 0.29) is 23.0 Å². The highest BCUT2D eigenvalue weighted by Gasteiger charge is 2.43. The summed E-state index contributed by atoms with van der Waals surface area (Å²) < 4.78 is 54.0. The molecule has 1 saturated carbocycles. The van der Waals surface area contributed by atoms with Gasteiger partial charge >= 0.3 is 0 Å². The second-order valence-electron chi connectivity index (χ2n) is 6.28. The Labute approximate surface area is 132 Å². The average molecular weight is 347 g/mol. The van der Waals surface area contributed by atoms with Crippen molar-refractivity contribution < 1.29 is 21.0 Å². The molecular formula is C14H21NO5S2. The summed E-state index contributed by atoms with van der Waals surface area (Å²) in [5, 5.41) is 0.